The number of fused-ring (bicyclic) bond motifs is 3. The molecule has 3 aromatic rings. The summed E-state index contributed by atoms with van der Waals surface area (Å²) in [5.41, 5.74) is 4.32. The number of nitrogens with one attached hydrogen (secondary N) is 2. The monoisotopic (exact) mass is 308 g/mol. The fourth-order valence-electron chi connectivity index (χ4n) is 2.91. The first-order valence-corrected chi connectivity index (χ1v) is 7.30. The number of aromatic amines is 1. The maximum atomic E-state index is 5.39. The highest BCUT2D eigenvalue weighted by Crippen LogP contribution is 2.44. The van der Waals surface area contributed by atoms with Crippen LogP contribution in [-0.2, 0) is 6.42 Å². The molecule has 6 nitrogen and oxygen atoms in total. The van der Waals surface area contributed by atoms with Gasteiger partial charge in [0.1, 0.15) is 11.6 Å². The highest BCUT2D eigenvalue weighted by atomic mass is 16.5. The smallest absolute Gasteiger partial charge is 0.161 e. The minimum absolute atomic E-state index is 0.710. The Bertz CT molecular complexity index is 859. The van der Waals surface area contributed by atoms with Crippen LogP contribution in [0.3, 0.4) is 0 Å². The predicted octanol–water partition coefficient (Wildman–Crippen LogP) is 3.14. The molecule has 2 aromatic heterocycles. The molecule has 23 heavy (non-hydrogen) atoms. The molecule has 1 aliphatic carbocycles. The molecule has 4 rings (SSSR count). The first kappa shape index (κ1) is 13.6. The van der Waals surface area contributed by atoms with E-state index in [4.69, 9.17) is 9.47 Å². The van der Waals surface area contributed by atoms with Crippen LogP contribution in [-0.4, -0.2) is 29.4 Å². The summed E-state index contributed by atoms with van der Waals surface area (Å²) in [6, 6.07) is 9.74. The molecule has 0 atom stereocenters. The largest absolute Gasteiger partial charge is 0.493 e. The molecule has 0 fully saturated rings. The van der Waals surface area contributed by atoms with Crippen molar-refractivity contribution in [1.29, 1.82) is 0 Å². The molecule has 0 amide bonds. The van der Waals surface area contributed by atoms with E-state index in [-0.39, 0.29) is 0 Å². The van der Waals surface area contributed by atoms with Gasteiger partial charge in [-0.3, -0.25) is 5.10 Å². The number of rotatable bonds is 4. The molecule has 0 aliphatic heterocycles. The van der Waals surface area contributed by atoms with E-state index in [1.807, 2.05) is 30.3 Å². The molecule has 0 radical (unpaired) electrons. The van der Waals surface area contributed by atoms with Crippen molar-refractivity contribution in [3.05, 3.63) is 47.7 Å². The lowest BCUT2D eigenvalue weighted by Gasteiger charge is -2.10. The SMILES string of the molecule is COc1cc2c(cc1OC)-c1n[nH]c(Nc3ccccn3)c1C2. The van der Waals surface area contributed by atoms with E-state index in [1.165, 1.54) is 5.56 Å². The third-order valence-electron chi connectivity index (χ3n) is 4.02. The van der Waals surface area contributed by atoms with Crippen molar-refractivity contribution in [1.82, 2.24) is 15.2 Å². The number of H-pyrrole nitrogens is 1. The first-order valence-electron chi connectivity index (χ1n) is 7.30. The molecule has 0 spiro atoms. The van der Waals surface area contributed by atoms with Gasteiger partial charge in [-0.1, -0.05) is 6.07 Å². The Morgan fingerprint density at radius 1 is 1.13 bits per heavy atom. The standard InChI is InChI=1S/C17H16N4O2/c1-22-13-8-10-7-12-16(11(10)9-14(13)23-2)20-21-17(12)19-15-5-3-4-6-18-15/h3-6,8-9H,7H2,1-2H3,(H2,18,19,20,21). The summed E-state index contributed by atoms with van der Waals surface area (Å²) in [6.45, 7) is 0. The summed E-state index contributed by atoms with van der Waals surface area (Å²) in [5.74, 6) is 3.10. The van der Waals surface area contributed by atoms with Gasteiger partial charge < -0.3 is 14.8 Å². The van der Waals surface area contributed by atoms with Crippen molar-refractivity contribution in [2.75, 3.05) is 19.5 Å². The zero-order valence-electron chi connectivity index (χ0n) is 12.9. The number of aromatic nitrogens is 3. The number of benzene rings is 1. The lowest BCUT2D eigenvalue weighted by atomic mass is 10.1. The molecule has 0 bridgehead atoms. The zero-order valence-corrected chi connectivity index (χ0v) is 12.9. The van der Waals surface area contributed by atoms with Gasteiger partial charge in [0.25, 0.3) is 0 Å². The van der Waals surface area contributed by atoms with Gasteiger partial charge in [0.15, 0.2) is 11.5 Å². The van der Waals surface area contributed by atoms with E-state index in [0.29, 0.717) is 5.75 Å². The fraction of sp³-hybridized carbons (Fsp3) is 0.176. The summed E-state index contributed by atoms with van der Waals surface area (Å²) in [6.07, 6.45) is 2.54. The third kappa shape index (κ3) is 2.19. The summed E-state index contributed by atoms with van der Waals surface area (Å²) in [4.78, 5) is 4.28. The molecule has 0 saturated carbocycles. The Morgan fingerprint density at radius 3 is 2.70 bits per heavy atom. The Kier molecular flexibility index (Phi) is 3.15. The van der Waals surface area contributed by atoms with Crippen molar-refractivity contribution >= 4 is 11.6 Å². The van der Waals surface area contributed by atoms with Crippen molar-refractivity contribution in [2.45, 2.75) is 6.42 Å². The molecule has 0 unspecified atom stereocenters. The van der Waals surface area contributed by atoms with Crippen LogP contribution < -0.4 is 14.8 Å². The molecule has 6 heteroatoms. The normalized spacial score (nSPS) is 11.7. The fourth-order valence-corrected chi connectivity index (χ4v) is 2.91. The predicted molar refractivity (Wildman–Crippen MR) is 87.5 cm³/mol. The number of hydrogen-bond donors (Lipinski definition) is 2. The van der Waals surface area contributed by atoms with E-state index >= 15 is 0 Å². The number of hydrogen-bond acceptors (Lipinski definition) is 5. The molecule has 1 aromatic carbocycles. The molecule has 2 N–H and O–H groups in total. The van der Waals surface area contributed by atoms with E-state index in [9.17, 15) is 0 Å². The second-order valence-corrected chi connectivity index (χ2v) is 5.31. The summed E-state index contributed by atoms with van der Waals surface area (Å²) >= 11 is 0. The Morgan fingerprint density at radius 2 is 1.96 bits per heavy atom. The van der Waals surface area contributed by atoms with E-state index in [2.05, 4.69) is 20.5 Å². The molecule has 1 aliphatic rings. The molecule has 2 heterocycles. The zero-order chi connectivity index (χ0) is 15.8. The first-order chi connectivity index (χ1) is 11.3. The van der Waals surface area contributed by atoms with Crippen LogP contribution >= 0.6 is 0 Å². The van der Waals surface area contributed by atoms with Gasteiger partial charge in [0.05, 0.1) is 19.9 Å². The van der Waals surface area contributed by atoms with Crippen LogP contribution in [0.25, 0.3) is 11.3 Å². The summed E-state index contributed by atoms with van der Waals surface area (Å²) < 4.78 is 10.8. The minimum Gasteiger partial charge on any atom is -0.493 e. The second-order valence-electron chi connectivity index (χ2n) is 5.31. The van der Waals surface area contributed by atoms with Gasteiger partial charge >= 0.3 is 0 Å². The number of nitrogens with zero attached hydrogens (tertiary/aromatic N) is 2. The van der Waals surface area contributed by atoms with Crippen LogP contribution in [0.1, 0.15) is 11.1 Å². The quantitative estimate of drug-likeness (QED) is 0.606. The number of ether oxygens (including phenoxy) is 2. The maximum absolute atomic E-state index is 5.39. The number of pyridine rings is 1. The van der Waals surface area contributed by atoms with E-state index in [0.717, 1.165) is 40.6 Å². The van der Waals surface area contributed by atoms with Gasteiger partial charge in [-0.2, -0.15) is 5.10 Å². The van der Waals surface area contributed by atoms with Crippen LogP contribution in [0.15, 0.2) is 36.5 Å². The van der Waals surface area contributed by atoms with Gasteiger partial charge in [-0.15, -0.1) is 0 Å². The van der Waals surface area contributed by atoms with Crippen LogP contribution in [0.4, 0.5) is 11.6 Å². The van der Waals surface area contributed by atoms with E-state index < -0.39 is 0 Å². The average Bonchev–Trinajstić information content (AvgIpc) is 3.14. The van der Waals surface area contributed by atoms with Crippen molar-refractivity contribution in [3.63, 3.8) is 0 Å². The lowest BCUT2D eigenvalue weighted by Crippen LogP contribution is -1.96. The van der Waals surface area contributed by atoms with Crippen LogP contribution in [0.5, 0.6) is 11.5 Å². The van der Waals surface area contributed by atoms with Crippen molar-refractivity contribution in [2.24, 2.45) is 0 Å². The highest BCUT2D eigenvalue weighted by Gasteiger charge is 2.27. The molecule has 0 saturated heterocycles. The van der Waals surface area contributed by atoms with Crippen molar-refractivity contribution < 1.29 is 9.47 Å². The minimum atomic E-state index is 0.710. The number of methoxy groups -OCH3 is 2. The van der Waals surface area contributed by atoms with Gasteiger partial charge in [-0.05, 0) is 29.8 Å². The van der Waals surface area contributed by atoms with Gasteiger partial charge in [0, 0.05) is 23.7 Å². The topological polar surface area (TPSA) is 72.1 Å². The lowest BCUT2D eigenvalue weighted by molar-refractivity contribution is 0.355. The Balaban J connectivity index is 1.72. The van der Waals surface area contributed by atoms with Gasteiger partial charge in [0.2, 0.25) is 0 Å². The van der Waals surface area contributed by atoms with E-state index in [1.54, 1.807) is 20.4 Å². The Hall–Kier alpha value is -3.02. The van der Waals surface area contributed by atoms with Crippen LogP contribution in [0.2, 0.25) is 0 Å². The average molecular weight is 308 g/mol. The molecule has 116 valence electrons. The van der Waals surface area contributed by atoms with Crippen LogP contribution in [0, 0.1) is 0 Å². The Labute approximate surface area is 133 Å². The maximum Gasteiger partial charge on any atom is 0.161 e. The van der Waals surface area contributed by atoms with Gasteiger partial charge in [-0.25, -0.2) is 4.98 Å². The molecular formula is C17H16N4O2. The summed E-state index contributed by atoms with van der Waals surface area (Å²) in [7, 11) is 3.28. The van der Waals surface area contributed by atoms with Crippen molar-refractivity contribution in [3.8, 4) is 22.8 Å². The number of anilines is 2. The molecular weight excluding hydrogens is 292 g/mol. The second kappa shape index (κ2) is 5.31. The third-order valence-corrected chi connectivity index (χ3v) is 4.02. The summed E-state index contributed by atoms with van der Waals surface area (Å²) in [5, 5.41) is 10.8. The highest BCUT2D eigenvalue weighted by molar-refractivity contribution is 5.81.